The van der Waals surface area contributed by atoms with Crippen molar-refractivity contribution in [2.75, 3.05) is 0 Å². The van der Waals surface area contributed by atoms with Crippen molar-refractivity contribution in [3.05, 3.63) is 0 Å². The Labute approximate surface area is 134 Å². The minimum atomic E-state index is 0.462. The average molecular weight is 291 g/mol. The zero-order valence-corrected chi connectivity index (χ0v) is 17.9. The van der Waals surface area contributed by atoms with Gasteiger partial charge in [0.15, 0.2) is 0 Å². The highest BCUT2D eigenvalue weighted by Crippen LogP contribution is 2.38. The van der Waals surface area contributed by atoms with Gasteiger partial charge in [0.25, 0.3) is 0 Å². The maximum absolute atomic E-state index is 2.38. The van der Waals surface area contributed by atoms with E-state index >= 15 is 0 Å². The topological polar surface area (TPSA) is 0 Å². The summed E-state index contributed by atoms with van der Waals surface area (Å²) in [6.07, 6.45) is 1.31. The summed E-state index contributed by atoms with van der Waals surface area (Å²) in [7, 11) is 0. The van der Waals surface area contributed by atoms with Gasteiger partial charge in [-0.15, -0.1) is 0 Å². The van der Waals surface area contributed by atoms with Gasteiger partial charge in [-0.3, -0.25) is 0 Å². The van der Waals surface area contributed by atoms with Crippen molar-refractivity contribution in [2.45, 2.75) is 110 Å². The molecule has 0 amide bonds. The van der Waals surface area contributed by atoms with Gasteiger partial charge >= 0.3 is 0 Å². The van der Waals surface area contributed by atoms with Crippen LogP contribution in [-0.4, -0.2) is 0 Å². The molecule has 0 aliphatic heterocycles. The molecular formula is C20H50. The Morgan fingerprint density at radius 3 is 0.950 bits per heavy atom. The van der Waals surface area contributed by atoms with E-state index in [2.05, 4.69) is 48.5 Å². The minimum Gasteiger partial charge on any atom is -0.0683 e. The van der Waals surface area contributed by atoms with Crippen molar-refractivity contribution in [1.29, 1.82) is 0 Å². The predicted octanol–water partition coefficient (Wildman–Crippen LogP) is 8.46. The summed E-state index contributed by atoms with van der Waals surface area (Å²) in [6, 6.07) is 0. The van der Waals surface area contributed by atoms with Crippen LogP contribution >= 0.6 is 0 Å². The molecule has 0 heterocycles. The van der Waals surface area contributed by atoms with Gasteiger partial charge in [-0.25, -0.2) is 0 Å². The summed E-state index contributed by atoms with van der Waals surface area (Å²) < 4.78 is 0. The lowest BCUT2D eigenvalue weighted by Gasteiger charge is -2.38. The van der Waals surface area contributed by atoms with Crippen LogP contribution in [0.25, 0.3) is 0 Å². The number of hydrogen-bond acceptors (Lipinski definition) is 0. The molecule has 0 radical (unpaired) electrons. The number of rotatable bonds is 3. The van der Waals surface area contributed by atoms with Crippen LogP contribution in [0.5, 0.6) is 0 Å². The van der Waals surface area contributed by atoms with Crippen molar-refractivity contribution >= 4 is 0 Å². The first-order valence-electron chi connectivity index (χ1n) is 9.30. The van der Waals surface area contributed by atoms with E-state index in [1.165, 1.54) is 6.42 Å². The average Bonchev–Trinajstić information content (AvgIpc) is 2.45. The standard InChI is InChI=1S/C12H26.4C2H6/c1-8-10(4)11(9(2)3)12(5,6)7;4*1-2/h9-11H,8H2,1-7H3;4*1-2H3. The zero-order chi connectivity index (χ0) is 17.9. The summed E-state index contributed by atoms with van der Waals surface area (Å²) >= 11 is 0. The molecule has 20 heavy (non-hydrogen) atoms. The van der Waals surface area contributed by atoms with Crippen molar-refractivity contribution in [3.63, 3.8) is 0 Å². The van der Waals surface area contributed by atoms with Crippen molar-refractivity contribution < 1.29 is 0 Å². The van der Waals surface area contributed by atoms with Crippen molar-refractivity contribution in [3.8, 4) is 0 Å². The molecule has 0 aromatic heterocycles. The Hall–Kier alpha value is 0. The molecule has 0 N–H and O–H groups in total. The van der Waals surface area contributed by atoms with Crippen LogP contribution in [0.2, 0.25) is 0 Å². The molecule has 0 heteroatoms. The minimum absolute atomic E-state index is 0.462. The van der Waals surface area contributed by atoms with Gasteiger partial charge in [-0.2, -0.15) is 0 Å². The highest BCUT2D eigenvalue weighted by Gasteiger charge is 2.30. The molecule has 0 nitrogen and oxygen atoms in total. The highest BCUT2D eigenvalue weighted by atomic mass is 14.4. The van der Waals surface area contributed by atoms with Crippen molar-refractivity contribution in [1.82, 2.24) is 0 Å². The third kappa shape index (κ3) is 20.3. The summed E-state index contributed by atoms with van der Waals surface area (Å²) in [5.74, 6) is 2.51. The maximum Gasteiger partial charge on any atom is -0.0317 e. The molecule has 2 unspecified atom stereocenters. The Bertz CT molecular complexity index is 116. The van der Waals surface area contributed by atoms with Gasteiger partial charge in [-0.05, 0) is 23.2 Å². The Morgan fingerprint density at radius 2 is 0.900 bits per heavy atom. The molecule has 0 rings (SSSR count). The Kier molecular flexibility index (Phi) is 38.6. The normalized spacial score (nSPS) is 12.0. The molecule has 0 saturated heterocycles. The first-order chi connectivity index (χ1) is 9.30. The predicted molar refractivity (Wildman–Crippen MR) is 103 cm³/mol. The number of hydrogen-bond donors (Lipinski definition) is 0. The SMILES string of the molecule is CC.CC.CC.CC.CCC(C)C(C(C)C)C(C)(C)C. The largest absolute Gasteiger partial charge is 0.0683 e. The molecular weight excluding hydrogens is 240 g/mol. The van der Waals surface area contributed by atoms with Gasteiger partial charge < -0.3 is 0 Å². The van der Waals surface area contributed by atoms with Crippen LogP contribution in [0.15, 0.2) is 0 Å². The molecule has 0 bridgehead atoms. The fourth-order valence-corrected chi connectivity index (χ4v) is 2.76. The monoisotopic (exact) mass is 290 g/mol. The Balaban J connectivity index is -0.0000000799. The molecule has 0 aliphatic rings. The molecule has 0 aliphatic carbocycles. The third-order valence-electron chi connectivity index (χ3n) is 2.98. The van der Waals surface area contributed by atoms with Gasteiger partial charge in [0.2, 0.25) is 0 Å². The highest BCUT2D eigenvalue weighted by molar-refractivity contribution is 4.80. The van der Waals surface area contributed by atoms with Crippen LogP contribution in [0.1, 0.15) is 110 Å². The second-order valence-electron chi connectivity index (χ2n) is 5.52. The van der Waals surface area contributed by atoms with Gasteiger partial charge in [0.05, 0.1) is 0 Å². The van der Waals surface area contributed by atoms with E-state index in [1.807, 2.05) is 55.4 Å². The second-order valence-corrected chi connectivity index (χ2v) is 5.52. The quantitative estimate of drug-likeness (QED) is 0.489. The van der Waals surface area contributed by atoms with E-state index in [1.54, 1.807) is 0 Å². The van der Waals surface area contributed by atoms with Crippen molar-refractivity contribution in [2.24, 2.45) is 23.2 Å². The van der Waals surface area contributed by atoms with Gasteiger partial charge in [0.1, 0.15) is 0 Å². The molecule has 2 atom stereocenters. The Morgan fingerprint density at radius 1 is 0.650 bits per heavy atom. The third-order valence-corrected chi connectivity index (χ3v) is 2.98. The van der Waals surface area contributed by atoms with E-state index in [-0.39, 0.29) is 0 Å². The van der Waals surface area contributed by atoms with Crippen LogP contribution in [0, 0.1) is 23.2 Å². The fraction of sp³-hybridized carbons (Fsp3) is 1.00. The summed E-state index contributed by atoms with van der Waals surface area (Å²) in [5, 5.41) is 0. The summed E-state index contributed by atoms with van der Waals surface area (Å²) in [4.78, 5) is 0. The van der Waals surface area contributed by atoms with E-state index in [0.29, 0.717) is 5.41 Å². The maximum atomic E-state index is 2.38. The molecule has 0 saturated carbocycles. The van der Waals surface area contributed by atoms with E-state index < -0.39 is 0 Å². The lowest BCUT2D eigenvalue weighted by molar-refractivity contribution is 0.112. The first kappa shape index (κ1) is 32.1. The summed E-state index contributed by atoms with van der Waals surface area (Å²) in [6.45, 7) is 32.5. The van der Waals surface area contributed by atoms with Gasteiger partial charge in [0, 0.05) is 0 Å². The lowest BCUT2D eigenvalue weighted by Crippen LogP contribution is -2.30. The molecule has 0 fully saturated rings. The summed E-state index contributed by atoms with van der Waals surface area (Å²) in [5.41, 5.74) is 0.462. The molecule has 0 aromatic carbocycles. The van der Waals surface area contributed by atoms with E-state index in [0.717, 1.165) is 17.8 Å². The van der Waals surface area contributed by atoms with E-state index in [9.17, 15) is 0 Å². The van der Waals surface area contributed by atoms with Crippen LogP contribution in [0.4, 0.5) is 0 Å². The zero-order valence-electron chi connectivity index (χ0n) is 17.9. The molecule has 0 spiro atoms. The van der Waals surface area contributed by atoms with E-state index in [4.69, 9.17) is 0 Å². The van der Waals surface area contributed by atoms with Gasteiger partial charge in [-0.1, -0.05) is 110 Å². The second kappa shape index (κ2) is 24.0. The van der Waals surface area contributed by atoms with Crippen LogP contribution in [0.3, 0.4) is 0 Å². The fourth-order valence-electron chi connectivity index (χ4n) is 2.76. The molecule has 0 aromatic rings. The first-order valence-corrected chi connectivity index (χ1v) is 9.30. The molecule has 130 valence electrons. The lowest BCUT2D eigenvalue weighted by atomic mass is 9.67. The van der Waals surface area contributed by atoms with Crippen LogP contribution < -0.4 is 0 Å². The van der Waals surface area contributed by atoms with Crippen LogP contribution in [-0.2, 0) is 0 Å². The smallest absolute Gasteiger partial charge is 0.0317 e.